The number of carbonyl (C=O) groups is 2. The van der Waals surface area contributed by atoms with Crippen molar-refractivity contribution in [2.75, 3.05) is 32.1 Å². The largest absolute Gasteiger partial charge is 0.350 e. The van der Waals surface area contributed by atoms with Crippen LogP contribution in [0.3, 0.4) is 0 Å². The van der Waals surface area contributed by atoms with Crippen LogP contribution in [-0.4, -0.2) is 64.9 Å². The van der Waals surface area contributed by atoms with Gasteiger partial charge in [-0.15, -0.1) is 0 Å². The SMILES string of the molecule is Cc1ccc(C(=O)N2CC[C@H](c3nc(N(C)C)ncc3C(=O)NC(C)C)C2)cn1. The predicted octanol–water partition coefficient (Wildman–Crippen LogP) is 2.01. The van der Waals surface area contributed by atoms with Crippen molar-refractivity contribution in [1.29, 1.82) is 0 Å². The molecule has 0 radical (unpaired) electrons. The van der Waals surface area contributed by atoms with E-state index in [4.69, 9.17) is 0 Å². The van der Waals surface area contributed by atoms with E-state index in [9.17, 15) is 9.59 Å². The number of carbonyl (C=O) groups excluding carboxylic acids is 2. The molecule has 1 N–H and O–H groups in total. The van der Waals surface area contributed by atoms with Crippen molar-refractivity contribution < 1.29 is 9.59 Å². The van der Waals surface area contributed by atoms with Gasteiger partial charge in [-0.1, -0.05) is 0 Å². The fourth-order valence-electron chi connectivity index (χ4n) is 3.37. The van der Waals surface area contributed by atoms with Gasteiger partial charge in [0.15, 0.2) is 0 Å². The van der Waals surface area contributed by atoms with Gasteiger partial charge in [-0.05, 0) is 39.3 Å². The number of amides is 2. The number of rotatable bonds is 5. The Hall–Kier alpha value is -3.03. The summed E-state index contributed by atoms with van der Waals surface area (Å²) in [6.45, 7) is 6.85. The third-order valence-corrected chi connectivity index (χ3v) is 4.89. The monoisotopic (exact) mass is 396 g/mol. The van der Waals surface area contributed by atoms with E-state index in [-0.39, 0.29) is 23.8 Å². The minimum Gasteiger partial charge on any atom is -0.350 e. The van der Waals surface area contributed by atoms with Crippen LogP contribution < -0.4 is 10.2 Å². The molecule has 0 spiro atoms. The fourth-order valence-corrected chi connectivity index (χ4v) is 3.37. The number of pyridine rings is 1. The van der Waals surface area contributed by atoms with Gasteiger partial charge in [0.25, 0.3) is 11.8 Å². The van der Waals surface area contributed by atoms with E-state index >= 15 is 0 Å². The van der Waals surface area contributed by atoms with E-state index in [1.54, 1.807) is 23.4 Å². The van der Waals surface area contributed by atoms with Gasteiger partial charge >= 0.3 is 0 Å². The molecule has 1 fully saturated rings. The molecule has 8 heteroatoms. The molecular formula is C21H28N6O2. The van der Waals surface area contributed by atoms with Crippen LogP contribution in [0.25, 0.3) is 0 Å². The highest BCUT2D eigenvalue weighted by atomic mass is 16.2. The summed E-state index contributed by atoms with van der Waals surface area (Å²) in [5.74, 6) is 0.295. The molecule has 1 aliphatic heterocycles. The number of nitrogens with one attached hydrogen (secondary N) is 1. The topological polar surface area (TPSA) is 91.3 Å². The lowest BCUT2D eigenvalue weighted by Gasteiger charge is -2.19. The predicted molar refractivity (Wildman–Crippen MR) is 111 cm³/mol. The number of hydrogen-bond donors (Lipinski definition) is 1. The lowest BCUT2D eigenvalue weighted by molar-refractivity contribution is 0.0790. The summed E-state index contributed by atoms with van der Waals surface area (Å²) >= 11 is 0. The zero-order valence-electron chi connectivity index (χ0n) is 17.6. The van der Waals surface area contributed by atoms with E-state index in [1.807, 2.05) is 45.8 Å². The summed E-state index contributed by atoms with van der Waals surface area (Å²) in [7, 11) is 3.73. The van der Waals surface area contributed by atoms with E-state index in [1.165, 1.54) is 0 Å². The van der Waals surface area contributed by atoms with E-state index in [0.717, 1.165) is 12.1 Å². The molecule has 0 aromatic carbocycles. The van der Waals surface area contributed by atoms with Crippen LogP contribution in [0, 0.1) is 6.92 Å². The van der Waals surface area contributed by atoms with Gasteiger partial charge in [0.2, 0.25) is 5.95 Å². The molecule has 0 aliphatic carbocycles. The van der Waals surface area contributed by atoms with Crippen molar-refractivity contribution in [3.05, 3.63) is 47.0 Å². The quantitative estimate of drug-likeness (QED) is 0.831. The van der Waals surface area contributed by atoms with Crippen molar-refractivity contribution in [3.63, 3.8) is 0 Å². The minimum atomic E-state index is -0.187. The van der Waals surface area contributed by atoms with Crippen molar-refractivity contribution in [1.82, 2.24) is 25.2 Å². The Morgan fingerprint density at radius 2 is 1.97 bits per heavy atom. The van der Waals surface area contributed by atoms with Crippen LogP contribution in [0.2, 0.25) is 0 Å². The molecular weight excluding hydrogens is 368 g/mol. The zero-order valence-corrected chi connectivity index (χ0v) is 17.6. The molecule has 0 saturated carbocycles. The smallest absolute Gasteiger partial charge is 0.255 e. The number of aromatic nitrogens is 3. The molecule has 2 aromatic rings. The Labute approximate surface area is 171 Å². The van der Waals surface area contributed by atoms with Crippen LogP contribution in [0.5, 0.6) is 0 Å². The molecule has 0 bridgehead atoms. The second-order valence-electron chi connectivity index (χ2n) is 7.92. The van der Waals surface area contributed by atoms with Gasteiger partial charge in [-0.3, -0.25) is 14.6 Å². The molecule has 2 amide bonds. The first-order valence-electron chi connectivity index (χ1n) is 9.83. The normalized spacial score (nSPS) is 16.2. The summed E-state index contributed by atoms with van der Waals surface area (Å²) in [6.07, 6.45) is 3.95. The van der Waals surface area contributed by atoms with Crippen LogP contribution in [0.4, 0.5) is 5.95 Å². The van der Waals surface area contributed by atoms with Gasteiger partial charge in [-0.25, -0.2) is 9.97 Å². The van der Waals surface area contributed by atoms with E-state index < -0.39 is 0 Å². The zero-order chi connectivity index (χ0) is 21.1. The van der Waals surface area contributed by atoms with Crippen LogP contribution >= 0.6 is 0 Å². The summed E-state index contributed by atoms with van der Waals surface area (Å²) in [6, 6.07) is 3.65. The van der Waals surface area contributed by atoms with Crippen molar-refractivity contribution in [2.45, 2.75) is 39.2 Å². The Balaban J connectivity index is 1.85. The van der Waals surface area contributed by atoms with Gasteiger partial charge in [0, 0.05) is 57.2 Å². The molecule has 8 nitrogen and oxygen atoms in total. The highest BCUT2D eigenvalue weighted by Gasteiger charge is 2.32. The average molecular weight is 396 g/mol. The molecule has 29 heavy (non-hydrogen) atoms. The summed E-state index contributed by atoms with van der Waals surface area (Å²) in [4.78, 5) is 42.3. The van der Waals surface area contributed by atoms with Gasteiger partial charge in [-0.2, -0.15) is 0 Å². The first-order chi connectivity index (χ1) is 13.8. The minimum absolute atomic E-state index is 0.0135. The maximum atomic E-state index is 12.8. The molecule has 3 rings (SSSR count). The molecule has 1 saturated heterocycles. The maximum Gasteiger partial charge on any atom is 0.255 e. The van der Waals surface area contributed by atoms with Gasteiger partial charge in [0.05, 0.1) is 16.8 Å². The first-order valence-corrected chi connectivity index (χ1v) is 9.83. The van der Waals surface area contributed by atoms with Gasteiger partial charge in [0.1, 0.15) is 0 Å². The highest BCUT2D eigenvalue weighted by molar-refractivity contribution is 5.96. The van der Waals surface area contributed by atoms with Crippen LogP contribution in [0.1, 0.15) is 58.3 Å². The molecule has 154 valence electrons. The Morgan fingerprint density at radius 3 is 2.59 bits per heavy atom. The first kappa shape index (κ1) is 20.7. The van der Waals surface area contributed by atoms with Crippen LogP contribution in [-0.2, 0) is 0 Å². The Morgan fingerprint density at radius 1 is 1.21 bits per heavy atom. The molecule has 1 atom stereocenters. The lowest BCUT2D eigenvalue weighted by atomic mass is 9.99. The summed E-state index contributed by atoms with van der Waals surface area (Å²) in [5, 5.41) is 2.92. The van der Waals surface area contributed by atoms with Gasteiger partial charge < -0.3 is 15.1 Å². The number of aryl methyl sites for hydroxylation is 1. The molecule has 1 aliphatic rings. The van der Waals surface area contributed by atoms with Crippen molar-refractivity contribution >= 4 is 17.8 Å². The molecule has 0 unspecified atom stereocenters. The number of likely N-dealkylation sites (tertiary alicyclic amines) is 1. The van der Waals surface area contributed by atoms with E-state index in [2.05, 4.69) is 20.3 Å². The second-order valence-corrected chi connectivity index (χ2v) is 7.92. The number of nitrogens with zero attached hydrogens (tertiary/aromatic N) is 5. The fraction of sp³-hybridized carbons (Fsp3) is 0.476. The molecule has 2 aromatic heterocycles. The summed E-state index contributed by atoms with van der Waals surface area (Å²) in [5.41, 5.74) is 2.62. The van der Waals surface area contributed by atoms with E-state index in [0.29, 0.717) is 35.9 Å². The number of hydrogen-bond acceptors (Lipinski definition) is 6. The second kappa shape index (κ2) is 8.55. The Bertz CT molecular complexity index is 895. The Kier molecular flexibility index (Phi) is 6.10. The lowest BCUT2D eigenvalue weighted by Crippen LogP contribution is -2.32. The summed E-state index contributed by atoms with van der Waals surface area (Å²) < 4.78 is 0. The van der Waals surface area contributed by atoms with Crippen molar-refractivity contribution in [2.24, 2.45) is 0 Å². The van der Waals surface area contributed by atoms with Crippen molar-refractivity contribution in [3.8, 4) is 0 Å². The average Bonchev–Trinajstić information content (AvgIpc) is 3.17. The standard InChI is InChI=1S/C21H28N6O2/c1-13(2)24-19(28)17-11-23-21(26(4)5)25-18(17)16-8-9-27(12-16)20(29)15-7-6-14(3)22-10-15/h6-7,10-11,13,16H,8-9,12H2,1-5H3,(H,24,28)/t16-/m0/s1. The maximum absolute atomic E-state index is 12.8. The third-order valence-electron chi connectivity index (χ3n) is 4.89. The van der Waals surface area contributed by atoms with Crippen LogP contribution in [0.15, 0.2) is 24.5 Å². The third kappa shape index (κ3) is 4.70. The molecule has 3 heterocycles. The highest BCUT2D eigenvalue weighted by Crippen LogP contribution is 2.30. The number of anilines is 1.